The van der Waals surface area contributed by atoms with Crippen LogP contribution >= 0.6 is 0 Å². The van der Waals surface area contributed by atoms with Crippen LogP contribution < -0.4 is 10.6 Å². The van der Waals surface area contributed by atoms with E-state index in [0.717, 1.165) is 43.8 Å². The zero-order chi connectivity index (χ0) is 11.7. The summed E-state index contributed by atoms with van der Waals surface area (Å²) in [5.41, 5.74) is 0. The number of amides is 1. The van der Waals surface area contributed by atoms with Crippen LogP contribution in [-0.2, 0) is 4.79 Å². The van der Waals surface area contributed by atoms with Crippen LogP contribution in [0.2, 0.25) is 0 Å². The molecule has 0 radical (unpaired) electrons. The zero-order valence-electron chi connectivity index (χ0n) is 10.6. The second kappa shape index (κ2) is 4.97. The van der Waals surface area contributed by atoms with Crippen molar-refractivity contribution in [3.8, 4) is 0 Å². The largest absolute Gasteiger partial charge is 0.356 e. The zero-order valence-corrected chi connectivity index (χ0v) is 10.6. The Morgan fingerprint density at radius 3 is 2.41 bits per heavy atom. The van der Waals surface area contributed by atoms with E-state index in [2.05, 4.69) is 10.6 Å². The summed E-state index contributed by atoms with van der Waals surface area (Å²) in [5, 5.41) is 6.56. The van der Waals surface area contributed by atoms with Gasteiger partial charge in [0.1, 0.15) is 0 Å². The summed E-state index contributed by atoms with van der Waals surface area (Å²) in [6.45, 7) is 3.19. The molecule has 0 spiro atoms. The lowest BCUT2D eigenvalue weighted by molar-refractivity contribution is -0.126. The van der Waals surface area contributed by atoms with Gasteiger partial charge in [0.25, 0.3) is 0 Å². The Balaban J connectivity index is 1.39. The minimum absolute atomic E-state index is 0.362. The highest BCUT2D eigenvalue weighted by Gasteiger charge is 2.45. The lowest BCUT2D eigenvalue weighted by Crippen LogP contribution is -2.34. The van der Waals surface area contributed by atoms with Gasteiger partial charge in [0, 0.05) is 12.5 Å². The van der Waals surface area contributed by atoms with E-state index >= 15 is 0 Å². The lowest BCUT2D eigenvalue weighted by atomic mass is 9.96. The summed E-state index contributed by atoms with van der Waals surface area (Å²) < 4.78 is 0. The molecule has 0 aromatic carbocycles. The van der Waals surface area contributed by atoms with Crippen LogP contribution in [0.4, 0.5) is 0 Å². The van der Waals surface area contributed by atoms with Crippen molar-refractivity contribution in [3.05, 3.63) is 0 Å². The number of carbonyl (C=O) groups is 1. The summed E-state index contributed by atoms with van der Waals surface area (Å²) in [6, 6.07) is 0. The third-order valence-corrected chi connectivity index (χ3v) is 4.58. The molecule has 17 heavy (non-hydrogen) atoms. The third kappa shape index (κ3) is 3.01. The maximum Gasteiger partial charge on any atom is 0.223 e. The van der Waals surface area contributed by atoms with Crippen LogP contribution in [0.15, 0.2) is 0 Å². The Labute approximate surface area is 104 Å². The summed E-state index contributed by atoms with van der Waals surface area (Å²) in [4.78, 5) is 12.2. The van der Waals surface area contributed by atoms with Gasteiger partial charge in [0.05, 0.1) is 0 Å². The molecule has 3 heteroatoms. The predicted octanol–water partition coefficient (Wildman–Crippen LogP) is 1.54. The molecule has 1 unspecified atom stereocenters. The maximum absolute atomic E-state index is 12.2. The first kappa shape index (κ1) is 11.5. The van der Waals surface area contributed by atoms with Crippen molar-refractivity contribution in [2.75, 3.05) is 19.6 Å². The van der Waals surface area contributed by atoms with E-state index in [4.69, 9.17) is 0 Å². The monoisotopic (exact) mass is 236 g/mol. The van der Waals surface area contributed by atoms with Crippen molar-refractivity contribution in [1.29, 1.82) is 0 Å². The molecular weight excluding hydrogens is 212 g/mol. The van der Waals surface area contributed by atoms with Crippen LogP contribution in [0.1, 0.15) is 38.5 Å². The van der Waals surface area contributed by atoms with E-state index in [1.807, 2.05) is 0 Å². The van der Waals surface area contributed by atoms with Crippen LogP contribution in [0.5, 0.6) is 0 Å². The molecule has 1 aliphatic heterocycles. The molecule has 1 saturated heterocycles. The van der Waals surface area contributed by atoms with Crippen LogP contribution in [-0.4, -0.2) is 25.5 Å². The highest BCUT2D eigenvalue weighted by molar-refractivity contribution is 5.80. The van der Waals surface area contributed by atoms with Gasteiger partial charge < -0.3 is 10.6 Å². The first-order chi connectivity index (χ1) is 8.34. The van der Waals surface area contributed by atoms with Crippen molar-refractivity contribution < 1.29 is 4.79 Å². The van der Waals surface area contributed by atoms with Gasteiger partial charge in [-0.3, -0.25) is 4.79 Å². The summed E-state index contributed by atoms with van der Waals surface area (Å²) in [6.07, 6.45) is 7.61. The predicted molar refractivity (Wildman–Crippen MR) is 67.5 cm³/mol. The molecule has 3 aliphatic rings. The summed E-state index contributed by atoms with van der Waals surface area (Å²) in [5.74, 6) is 2.99. The molecule has 3 fully saturated rings. The molecule has 2 N–H and O–H groups in total. The number of hydrogen-bond acceptors (Lipinski definition) is 2. The average molecular weight is 236 g/mol. The molecular formula is C14H24N2O. The van der Waals surface area contributed by atoms with Gasteiger partial charge in [-0.2, -0.15) is 0 Å². The maximum atomic E-state index is 12.2. The molecule has 0 aromatic heterocycles. The molecule has 0 aromatic rings. The topological polar surface area (TPSA) is 41.1 Å². The standard InChI is InChI=1S/C14H24N2O/c17-14(13(11-1-2-11)12-3-4-12)16-8-6-10-5-7-15-9-10/h10-13,15H,1-9H2,(H,16,17). The molecule has 2 saturated carbocycles. The van der Waals surface area contributed by atoms with Crippen molar-refractivity contribution >= 4 is 5.91 Å². The minimum Gasteiger partial charge on any atom is -0.356 e. The number of hydrogen-bond donors (Lipinski definition) is 2. The van der Waals surface area contributed by atoms with Gasteiger partial charge in [0.2, 0.25) is 5.91 Å². The highest BCUT2D eigenvalue weighted by atomic mass is 16.1. The van der Waals surface area contributed by atoms with Gasteiger partial charge in [-0.1, -0.05) is 0 Å². The van der Waals surface area contributed by atoms with Crippen molar-refractivity contribution in [3.63, 3.8) is 0 Å². The fourth-order valence-corrected chi connectivity index (χ4v) is 3.20. The lowest BCUT2D eigenvalue weighted by Gasteiger charge is -2.16. The first-order valence-corrected chi connectivity index (χ1v) is 7.33. The van der Waals surface area contributed by atoms with Crippen LogP contribution in [0.25, 0.3) is 0 Å². The third-order valence-electron chi connectivity index (χ3n) is 4.58. The minimum atomic E-state index is 0.362. The van der Waals surface area contributed by atoms with E-state index in [9.17, 15) is 4.79 Å². The van der Waals surface area contributed by atoms with E-state index in [0.29, 0.717) is 11.8 Å². The smallest absolute Gasteiger partial charge is 0.223 e. The highest BCUT2D eigenvalue weighted by Crippen LogP contribution is 2.49. The molecule has 3 nitrogen and oxygen atoms in total. The van der Waals surface area contributed by atoms with E-state index in [-0.39, 0.29) is 0 Å². The summed E-state index contributed by atoms with van der Waals surface area (Å²) >= 11 is 0. The summed E-state index contributed by atoms with van der Waals surface area (Å²) in [7, 11) is 0. The molecule has 96 valence electrons. The Kier molecular flexibility index (Phi) is 3.37. The number of nitrogens with one attached hydrogen (secondary N) is 2. The first-order valence-electron chi connectivity index (χ1n) is 7.33. The molecule has 3 rings (SSSR count). The van der Waals surface area contributed by atoms with Gasteiger partial charge in [-0.15, -0.1) is 0 Å². The van der Waals surface area contributed by atoms with E-state index < -0.39 is 0 Å². The van der Waals surface area contributed by atoms with Crippen molar-refractivity contribution in [2.24, 2.45) is 23.7 Å². The quantitative estimate of drug-likeness (QED) is 0.734. The van der Waals surface area contributed by atoms with Crippen LogP contribution in [0.3, 0.4) is 0 Å². The Bertz CT molecular complexity index is 266. The molecule has 1 atom stereocenters. The molecule has 1 heterocycles. The van der Waals surface area contributed by atoms with E-state index in [1.165, 1.54) is 32.1 Å². The Morgan fingerprint density at radius 1 is 1.18 bits per heavy atom. The second-order valence-electron chi connectivity index (χ2n) is 6.14. The average Bonchev–Trinajstić information content (AvgIpc) is 3.24. The van der Waals surface area contributed by atoms with Crippen molar-refractivity contribution in [1.82, 2.24) is 10.6 Å². The van der Waals surface area contributed by atoms with Gasteiger partial charge >= 0.3 is 0 Å². The fraction of sp³-hybridized carbons (Fsp3) is 0.929. The Morgan fingerprint density at radius 2 is 1.88 bits per heavy atom. The van der Waals surface area contributed by atoms with Crippen molar-refractivity contribution in [2.45, 2.75) is 38.5 Å². The fourth-order valence-electron chi connectivity index (χ4n) is 3.20. The van der Waals surface area contributed by atoms with Gasteiger partial charge in [-0.05, 0) is 69.4 Å². The van der Waals surface area contributed by atoms with E-state index in [1.54, 1.807) is 0 Å². The molecule has 2 aliphatic carbocycles. The molecule has 1 amide bonds. The van der Waals surface area contributed by atoms with Gasteiger partial charge in [0.15, 0.2) is 0 Å². The Hall–Kier alpha value is -0.570. The van der Waals surface area contributed by atoms with Crippen LogP contribution in [0, 0.1) is 23.7 Å². The number of rotatable bonds is 6. The number of carbonyl (C=O) groups excluding carboxylic acids is 1. The second-order valence-corrected chi connectivity index (χ2v) is 6.14. The molecule has 0 bridgehead atoms. The normalized spacial score (nSPS) is 28.6. The SMILES string of the molecule is O=C(NCCC1CCNC1)C(C1CC1)C1CC1. The van der Waals surface area contributed by atoms with Gasteiger partial charge in [-0.25, -0.2) is 0 Å².